The lowest BCUT2D eigenvalue weighted by Gasteiger charge is -2.26. The van der Waals surface area contributed by atoms with Crippen LogP contribution in [0.25, 0.3) is 22.3 Å². The number of hydrogen-bond acceptors (Lipinski definition) is 5. The van der Waals surface area contributed by atoms with Gasteiger partial charge in [0.2, 0.25) is 11.7 Å². The third kappa shape index (κ3) is 5.62. The first-order chi connectivity index (χ1) is 16.4. The fourth-order valence-corrected chi connectivity index (χ4v) is 4.72. The molecule has 1 aliphatic rings. The topological polar surface area (TPSA) is 73.4 Å². The molecule has 7 heteroatoms. The SMILES string of the molecule is CCCCCCCCn1ccc2c(-c3noc([C@@H]4CCCN4C(=O)OC(C)(C)C)n3)cccc21. The van der Waals surface area contributed by atoms with Gasteiger partial charge in [-0.2, -0.15) is 4.98 Å². The second-order valence-corrected chi connectivity index (χ2v) is 10.3. The van der Waals surface area contributed by atoms with E-state index in [2.05, 4.69) is 35.0 Å². The lowest BCUT2D eigenvalue weighted by Crippen LogP contribution is -2.36. The average molecular weight is 467 g/mol. The van der Waals surface area contributed by atoms with E-state index >= 15 is 0 Å². The second kappa shape index (κ2) is 10.6. The van der Waals surface area contributed by atoms with E-state index in [0.717, 1.165) is 30.3 Å². The molecule has 0 saturated carbocycles. The van der Waals surface area contributed by atoms with E-state index in [0.29, 0.717) is 18.3 Å². The molecular weight excluding hydrogens is 428 g/mol. The van der Waals surface area contributed by atoms with Crippen molar-refractivity contribution in [1.82, 2.24) is 19.6 Å². The Balaban J connectivity index is 1.48. The van der Waals surface area contributed by atoms with E-state index < -0.39 is 5.60 Å². The minimum absolute atomic E-state index is 0.243. The zero-order valence-electron chi connectivity index (χ0n) is 21.0. The Morgan fingerprint density at radius 3 is 2.74 bits per heavy atom. The first-order valence-corrected chi connectivity index (χ1v) is 12.8. The number of benzene rings is 1. The molecule has 0 aliphatic carbocycles. The lowest BCUT2D eigenvalue weighted by molar-refractivity contribution is 0.0199. The number of amides is 1. The first kappa shape index (κ1) is 24.3. The van der Waals surface area contributed by atoms with Crippen LogP contribution in [0.4, 0.5) is 4.79 Å². The van der Waals surface area contributed by atoms with Crippen LogP contribution in [0, 0.1) is 0 Å². The number of carbonyl (C=O) groups excluding carboxylic acids is 1. The molecule has 184 valence electrons. The number of ether oxygens (including phenoxy) is 1. The highest BCUT2D eigenvalue weighted by Crippen LogP contribution is 2.34. The van der Waals surface area contributed by atoms with Crippen LogP contribution in [0.3, 0.4) is 0 Å². The molecule has 1 amide bonds. The highest BCUT2D eigenvalue weighted by atomic mass is 16.6. The van der Waals surface area contributed by atoms with E-state index in [4.69, 9.17) is 14.2 Å². The molecule has 34 heavy (non-hydrogen) atoms. The Labute approximate surface area is 202 Å². The molecule has 0 radical (unpaired) electrons. The van der Waals surface area contributed by atoms with Crippen molar-refractivity contribution in [1.29, 1.82) is 0 Å². The van der Waals surface area contributed by atoms with Gasteiger partial charge in [0.25, 0.3) is 0 Å². The molecule has 1 saturated heterocycles. The van der Waals surface area contributed by atoms with Gasteiger partial charge < -0.3 is 13.8 Å². The fraction of sp³-hybridized carbons (Fsp3) is 0.593. The van der Waals surface area contributed by atoms with Crippen molar-refractivity contribution < 1.29 is 14.1 Å². The molecule has 3 heterocycles. The third-order valence-electron chi connectivity index (χ3n) is 6.41. The van der Waals surface area contributed by atoms with Gasteiger partial charge >= 0.3 is 6.09 Å². The Morgan fingerprint density at radius 1 is 1.15 bits per heavy atom. The van der Waals surface area contributed by atoms with Crippen molar-refractivity contribution in [2.24, 2.45) is 0 Å². The number of aryl methyl sites for hydroxylation is 1. The number of rotatable bonds is 9. The third-order valence-corrected chi connectivity index (χ3v) is 6.41. The van der Waals surface area contributed by atoms with Gasteiger partial charge in [0, 0.05) is 35.8 Å². The summed E-state index contributed by atoms with van der Waals surface area (Å²) in [5.74, 6) is 1.04. The largest absolute Gasteiger partial charge is 0.444 e. The van der Waals surface area contributed by atoms with Gasteiger partial charge in [0.05, 0.1) is 0 Å². The maximum absolute atomic E-state index is 12.7. The minimum atomic E-state index is -0.539. The van der Waals surface area contributed by atoms with Crippen LogP contribution in [0.2, 0.25) is 0 Å². The second-order valence-electron chi connectivity index (χ2n) is 10.3. The summed E-state index contributed by atoms with van der Waals surface area (Å²) in [4.78, 5) is 19.1. The first-order valence-electron chi connectivity index (χ1n) is 12.8. The van der Waals surface area contributed by atoms with Crippen LogP contribution in [0.5, 0.6) is 0 Å². The summed E-state index contributed by atoms with van der Waals surface area (Å²) in [6, 6.07) is 8.13. The zero-order chi connectivity index (χ0) is 24.1. The smallest absolute Gasteiger partial charge is 0.410 e. The molecule has 3 aromatic rings. The number of nitrogens with zero attached hydrogens (tertiary/aromatic N) is 4. The lowest BCUT2D eigenvalue weighted by atomic mass is 10.1. The molecule has 1 atom stereocenters. The maximum Gasteiger partial charge on any atom is 0.410 e. The van der Waals surface area contributed by atoms with E-state index in [9.17, 15) is 4.79 Å². The van der Waals surface area contributed by atoms with Crippen molar-refractivity contribution in [2.45, 2.75) is 97.2 Å². The van der Waals surface area contributed by atoms with E-state index in [1.807, 2.05) is 32.9 Å². The number of carbonyl (C=O) groups is 1. The Bertz CT molecular complexity index is 1090. The highest BCUT2D eigenvalue weighted by Gasteiger charge is 2.36. The quantitative estimate of drug-likeness (QED) is 0.314. The van der Waals surface area contributed by atoms with Gasteiger partial charge in [-0.25, -0.2) is 4.79 Å². The molecule has 7 nitrogen and oxygen atoms in total. The highest BCUT2D eigenvalue weighted by molar-refractivity contribution is 5.93. The van der Waals surface area contributed by atoms with Gasteiger partial charge in [-0.15, -0.1) is 0 Å². The molecule has 1 aliphatic heterocycles. The Kier molecular flexibility index (Phi) is 7.59. The summed E-state index contributed by atoms with van der Waals surface area (Å²) in [6.07, 6.45) is 11.2. The molecular formula is C27H38N4O3. The van der Waals surface area contributed by atoms with E-state index in [1.54, 1.807) is 4.90 Å². The molecule has 1 aromatic carbocycles. The summed E-state index contributed by atoms with van der Waals surface area (Å²) < 4.78 is 13.6. The predicted octanol–water partition coefficient (Wildman–Crippen LogP) is 7.12. The van der Waals surface area contributed by atoms with E-state index in [-0.39, 0.29) is 12.1 Å². The molecule has 4 rings (SSSR count). The predicted molar refractivity (Wildman–Crippen MR) is 134 cm³/mol. The van der Waals surface area contributed by atoms with Crippen molar-refractivity contribution in [3.05, 3.63) is 36.4 Å². The summed E-state index contributed by atoms with van der Waals surface area (Å²) in [6.45, 7) is 9.53. The Hall–Kier alpha value is -2.83. The fourth-order valence-electron chi connectivity index (χ4n) is 4.72. The zero-order valence-corrected chi connectivity index (χ0v) is 21.0. The number of fused-ring (bicyclic) bond motifs is 1. The molecule has 0 unspecified atom stereocenters. The molecule has 0 spiro atoms. The van der Waals surface area contributed by atoms with Gasteiger partial charge in [-0.1, -0.05) is 56.3 Å². The van der Waals surface area contributed by atoms with Crippen LogP contribution in [-0.2, 0) is 11.3 Å². The monoisotopic (exact) mass is 466 g/mol. The number of likely N-dealkylation sites (tertiary alicyclic amines) is 1. The molecule has 2 aromatic heterocycles. The van der Waals surface area contributed by atoms with Crippen LogP contribution in [0.1, 0.15) is 91.0 Å². The summed E-state index contributed by atoms with van der Waals surface area (Å²) >= 11 is 0. The standard InChI is InChI=1S/C27H38N4O3/c1-5-6-7-8-9-10-17-30-19-16-20-21(13-11-14-22(20)30)24-28-25(34-29-24)23-15-12-18-31(23)26(32)33-27(2,3)4/h11,13-14,16,19,23H,5-10,12,15,17-18H2,1-4H3/t23-/m0/s1. The van der Waals surface area contributed by atoms with Crippen LogP contribution in [0.15, 0.2) is 35.0 Å². The van der Waals surface area contributed by atoms with Gasteiger partial charge in [-0.05, 0) is 52.2 Å². The summed E-state index contributed by atoms with van der Waals surface area (Å²) in [7, 11) is 0. The summed E-state index contributed by atoms with van der Waals surface area (Å²) in [5.41, 5.74) is 1.60. The molecule has 0 bridgehead atoms. The van der Waals surface area contributed by atoms with Crippen LogP contribution in [-0.4, -0.2) is 37.8 Å². The van der Waals surface area contributed by atoms with Gasteiger partial charge in [0.1, 0.15) is 11.6 Å². The normalized spacial score (nSPS) is 16.5. The molecule has 0 N–H and O–H groups in total. The minimum Gasteiger partial charge on any atom is -0.444 e. The molecule has 1 fully saturated rings. The Morgan fingerprint density at radius 2 is 1.94 bits per heavy atom. The number of unbranched alkanes of at least 4 members (excludes halogenated alkanes) is 5. The van der Waals surface area contributed by atoms with Crippen LogP contribution < -0.4 is 0 Å². The maximum atomic E-state index is 12.7. The van der Waals surface area contributed by atoms with E-state index in [1.165, 1.54) is 44.0 Å². The average Bonchev–Trinajstić information content (AvgIpc) is 3.54. The summed E-state index contributed by atoms with van der Waals surface area (Å²) in [5, 5.41) is 5.41. The van der Waals surface area contributed by atoms with Gasteiger partial charge in [0.15, 0.2) is 0 Å². The number of hydrogen-bond donors (Lipinski definition) is 0. The number of aromatic nitrogens is 3. The van der Waals surface area contributed by atoms with Gasteiger partial charge in [-0.3, -0.25) is 4.90 Å². The van der Waals surface area contributed by atoms with Crippen molar-refractivity contribution in [2.75, 3.05) is 6.54 Å². The van der Waals surface area contributed by atoms with Crippen molar-refractivity contribution in [3.63, 3.8) is 0 Å². The van der Waals surface area contributed by atoms with Crippen LogP contribution >= 0.6 is 0 Å². The van der Waals surface area contributed by atoms with Crippen molar-refractivity contribution in [3.8, 4) is 11.4 Å². The van der Waals surface area contributed by atoms with Crippen molar-refractivity contribution >= 4 is 17.0 Å².